The number of rotatable bonds is 4. The van der Waals surface area contributed by atoms with Gasteiger partial charge >= 0.3 is 0 Å². The van der Waals surface area contributed by atoms with Crippen LogP contribution in [0.1, 0.15) is 32.1 Å². The molecule has 2 aliphatic heterocycles. The highest BCUT2D eigenvalue weighted by Crippen LogP contribution is 2.20. The van der Waals surface area contributed by atoms with Crippen molar-refractivity contribution in [3.8, 4) is 0 Å². The first-order valence-corrected chi connectivity index (χ1v) is 7.36. The fraction of sp³-hybridized carbons (Fsp3) is 1.00. The van der Waals surface area contributed by atoms with Crippen LogP contribution >= 0.6 is 0 Å². The van der Waals surface area contributed by atoms with Crippen molar-refractivity contribution in [2.75, 3.05) is 46.8 Å². The molecule has 0 amide bonds. The monoisotopic (exact) mass is 239 g/mol. The van der Waals surface area contributed by atoms with Gasteiger partial charge in [0, 0.05) is 6.04 Å². The molecule has 100 valence electrons. The molecule has 0 aromatic carbocycles. The second-order valence-corrected chi connectivity index (χ2v) is 5.94. The van der Waals surface area contributed by atoms with Crippen molar-refractivity contribution in [1.29, 1.82) is 0 Å². The van der Waals surface area contributed by atoms with Gasteiger partial charge in [-0.05, 0) is 84.8 Å². The van der Waals surface area contributed by atoms with Gasteiger partial charge in [0.05, 0.1) is 0 Å². The zero-order chi connectivity index (χ0) is 12.1. The van der Waals surface area contributed by atoms with Crippen molar-refractivity contribution < 1.29 is 0 Å². The Morgan fingerprint density at radius 1 is 1.00 bits per heavy atom. The lowest BCUT2D eigenvalue weighted by Gasteiger charge is -2.34. The number of likely N-dealkylation sites (tertiary alicyclic amines) is 2. The molecule has 2 rings (SSSR count). The second kappa shape index (κ2) is 6.72. The Bertz CT molecular complexity index is 204. The molecule has 0 bridgehead atoms. The summed E-state index contributed by atoms with van der Waals surface area (Å²) in [5.41, 5.74) is 0. The molecule has 0 aromatic heterocycles. The third kappa shape index (κ3) is 4.23. The Hall–Kier alpha value is -0.120. The third-order valence-electron chi connectivity index (χ3n) is 4.69. The molecule has 0 atom stereocenters. The normalized spacial score (nSPS) is 26.5. The molecule has 0 radical (unpaired) electrons. The van der Waals surface area contributed by atoms with E-state index in [4.69, 9.17) is 0 Å². The molecule has 2 fully saturated rings. The van der Waals surface area contributed by atoms with Gasteiger partial charge in [0.25, 0.3) is 0 Å². The van der Waals surface area contributed by atoms with Gasteiger partial charge < -0.3 is 15.1 Å². The summed E-state index contributed by atoms with van der Waals surface area (Å²) in [7, 11) is 4.34. The molecule has 2 aliphatic rings. The maximum atomic E-state index is 3.40. The van der Waals surface area contributed by atoms with Crippen molar-refractivity contribution in [3.63, 3.8) is 0 Å². The molecular formula is C14H29N3. The molecular weight excluding hydrogens is 210 g/mol. The average Bonchev–Trinajstić information content (AvgIpc) is 2.39. The van der Waals surface area contributed by atoms with Gasteiger partial charge in [-0.15, -0.1) is 0 Å². The molecule has 2 saturated heterocycles. The van der Waals surface area contributed by atoms with E-state index in [1.807, 2.05) is 0 Å². The molecule has 3 nitrogen and oxygen atoms in total. The second-order valence-electron chi connectivity index (χ2n) is 5.94. The minimum absolute atomic E-state index is 0.773. The van der Waals surface area contributed by atoms with Gasteiger partial charge in [0.2, 0.25) is 0 Å². The first kappa shape index (κ1) is 13.3. The Balaban J connectivity index is 1.59. The highest BCUT2D eigenvalue weighted by molar-refractivity contribution is 4.77. The molecule has 2 heterocycles. The first-order chi connectivity index (χ1) is 8.28. The van der Waals surface area contributed by atoms with E-state index in [0.717, 1.165) is 12.0 Å². The smallest absolute Gasteiger partial charge is 0.00884 e. The summed E-state index contributed by atoms with van der Waals surface area (Å²) >= 11 is 0. The molecule has 0 spiro atoms. The van der Waals surface area contributed by atoms with Gasteiger partial charge in [-0.2, -0.15) is 0 Å². The lowest BCUT2D eigenvalue weighted by atomic mass is 9.93. The van der Waals surface area contributed by atoms with Gasteiger partial charge in [0.1, 0.15) is 0 Å². The van der Waals surface area contributed by atoms with Gasteiger partial charge in [-0.1, -0.05) is 0 Å². The lowest BCUT2D eigenvalue weighted by molar-refractivity contribution is 0.163. The standard InChI is InChI=1S/C14H29N3/c1-15-14-6-11-17(12-7-14)10-5-13-3-8-16(2)9-4-13/h13-15H,3-12H2,1-2H3. The van der Waals surface area contributed by atoms with Crippen LogP contribution in [0.15, 0.2) is 0 Å². The van der Waals surface area contributed by atoms with E-state index in [0.29, 0.717) is 0 Å². The van der Waals surface area contributed by atoms with Crippen LogP contribution in [0.2, 0.25) is 0 Å². The van der Waals surface area contributed by atoms with Gasteiger partial charge in [-0.3, -0.25) is 0 Å². The highest BCUT2D eigenvalue weighted by Gasteiger charge is 2.20. The molecule has 0 saturated carbocycles. The van der Waals surface area contributed by atoms with Crippen molar-refractivity contribution in [2.45, 2.75) is 38.1 Å². The maximum Gasteiger partial charge on any atom is 0.00884 e. The Labute approximate surface area is 107 Å². The van der Waals surface area contributed by atoms with Crippen LogP contribution in [-0.4, -0.2) is 62.7 Å². The Morgan fingerprint density at radius 2 is 1.65 bits per heavy atom. The fourth-order valence-corrected chi connectivity index (χ4v) is 3.16. The zero-order valence-corrected chi connectivity index (χ0v) is 11.6. The summed E-state index contributed by atoms with van der Waals surface area (Å²) in [6.07, 6.45) is 6.94. The maximum absolute atomic E-state index is 3.40. The minimum Gasteiger partial charge on any atom is -0.317 e. The predicted molar refractivity (Wildman–Crippen MR) is 73.4 cm³/mol. The molecule has 3 heteroatoms. The predicted octanol–water partition coefficient (Wildman–Crippen LogP) is 1.40. The number of hydrogen-bond donors (Lipinski definition) is 1. The van der Waals surface area contributed by atoms with Crippen LogP contribution in [-0.2, 0) is 0 Å². The number of hydrogen-bond acceptors (Lipinski definition) is 3. The van der Waals surface area contributed by atoms with Crippen LogP contribution in [0, 0.1) is 5.92 Å². The van der Waals surface area contributed by atoms with Crippen molar-refractivity contribution in [2.24, 2.45) is 5.92 Å². The summed E-state index contributed by atoms with van der Waals surface area (Å²) < 4.78 is 0. The van der Waals surface area contributed by atoms with Gasteiger partial charge in [-0.25, -0.2) is 0 Å². The summed E-state index contributed by atoms with van der Waals surface area (Å²) in [6, 6.07) is 0.773. The van der Waals surface area contributed by atoms with E-state index in [2.05, 4.69) is 29.2 Å². The molecule has 0 aromatic rings. The summed E-state index contributed by atoms with van der Waals surface area (Å²) in [4.78, 5) is 5.14. The van der Waals surface area contributed by atoms with Gasteiger partial charge in [0.15, 0.2) is 0 Å². The fourth-order valence-electron chi connectivity index (χ4n) is 3.16. The molecule has 1 N–H and O–H groups in total. The summed E-state index contributed by atoms with van der Waals surface area (Å²) in [6.45, 7) is 6.57. The van der Waals surface area contributed by atoms with Crippen molar-refractivity contribution >= 4 is 0 Å². The highest BCUT2D eigenvalue weighted by atomic mass is 15.1. The van der Waals surface area contributed by atoms with E-state index < -0.39 is 0 Å². The lowest BCUT2D eigenvalue weighted by Crippen LogP contribution is -2.42. The zero-order valence-electron chi connectivity index (χ0n) is 11.6. The van der Waals surface area contributed by atoms with Crippen LogP contribution in [0.25, 0.3) is 0 Å². The van der Waals surface area contributed by atoms with Crippen molar-refractivity contribution in [1.82, 2.24) is 15.1 Å². The Kier molecular flexibility index (Phi) is 5.26. The molecule has 0 aliphatic carbocycles. The summed E-state index contributed by atoms with van der Waals surface area (Å²) in [5.74, 6) is 0.994. The van der Waals surface area contributed by atoms with Crippen LogP contribution < -0.4 is 5.32 Å². The van der Waals surface area contributed by atoms with Crippen LogP contribution in [0.5, 0.6) is 0 Å². The quantitative estimate of drug-likeness (QED) is 0.800. The Morgan fingerprint density at radius 3 is 2.24 bits per heavy atom. The molecule has 17 heavy (non-hydrogen) atoms. The third-order valence-corrected chi connectivity index (χ3v) is 4.69. The first-order valence-electron chi connectivity index (χ1n) is 7.36. The van der Waals surface area contributed by atoms with E-state index in [1.165, 1.54) is 64.8 Å². The largest absolute Gasteiger partial charge is 0.317 e. The topological polar surface area (TPSA) is 18.5 Å². The van der Waals surface area contributed by atoms with E-state index >= 15 is 0 Å². The molecule has 0 unspecified atom stereocenters. The van der Waals surface area contributed by atoms with E-state index in [9.17, 15) is 0 Å². The van der Waals surface area contributed by atoms with Crippen molar-refractivity contribution in [3.05, 3.63) is 0 Å². The number of nitrogens with one attached hydrogen (secondary N) is 1. The summed E-state index contributed by atoms with van der Waals surface area (Å²) in [5, 5.41) is 3.40. The van der Waals surface area contributed by atoms with Crippen LogP contribution in [0.4, 0.5) is 0 Å². The average molecular weight is 239 g/mol. The number of piperidine rings is 2. The number of nitrogens with zero attached hydrogens (tertiary/aromatic N) is 2. The van der Waals surface area contributed by atoms with E-state index in [1.54, 1.807) is 0 Å². The SMILES string of the molecule is CNC1CCN(CCC2CCN(C)CC2)CC1. The van der Waals surface area contributed by atoms with Crippen LogP contribution in [0.3, 0.4) is 0 Å². The van der Waals surface area contributed by atoms with E-state index in [-0.39, 0.29) is 0 Å². The minimum atomic E-state index is 0.773.